The molecule has 3 heteroatoms. The number of carbonyl (C=O) groups is 1. The number of amides is 1. The largest absolute Gasteiger partial charge is 0.381 e. The lowest BCUT2D eigenvalue weighted by molar-refractivity contribution is -0.133. The smallest absolute Gasteiger partial charge is 0.225 e. The molecule has 0 N–H and O–H groups in total. The second-order valence-corrected chi connectivity index (χ2v) is 3.64. The maximum Gasteiger partial charge on any atom is 0.225 e. The van der Waals surface area contributed by atoms with Crippen molar-refractivity contribution in [3.05, 3.63) is 0 Å². The van der Waals surface area contributed by atoms with E-state index in [1.807, 2.05) is 25.7 Å². The van der Waals surface area contributed by atoms with Crippen LogP contribution in [0.5, 0.6) is 0 Å². The summed E-state index contributed by atoms with van der Waals surface area (Å²) in [6.45, 7) is 10.2. The molecule has 0 fully saturated rings. The Kier molecular flexibility index (Phi) is 7.48. The Hall–Kier alpha value is -0.570. The van der Waals surface area contributed by atoms with Gasteiger partial charge in [-0.15, -0.1) is 0 Å². The first-order valence-electron chi connectivity index (χ1n) is 5.50. The maximum atomic E-state index is 11.6. The van der Waals surface area contributed by atoms with Crippen LogP contribution in [-0.4, -0.2) is 36.6 Å². The number of rotatable bonds is 7. The van der Waals surface area contributed by atoms with Crippen molar-refractivity contribution in [1.82, 2.24) is 4.90 Å². The van der Waals surface area contributed by atoms with E-state index in [9.17, 15) is 4.79 Å². The minimum atomic E-state index is 0.193. The van der Waals surface area contributed by atoms with Crippen LogP contribution >= 0.6 is 0 Å². The molecule has 3 nitrogen and oxygen atoms in total. The highest BCUT2D eigenvalue weighted by Gasteiger charge is 2.13. The van der Waals surface area contributed by atoms with Crippen molar-refractivity contribution < 1.29 is 9.53 Å². The number of hydrogen-bond acceptors (Lipinski definition) is 2. The summed E-state index contributed by atoms with van der Waals surface area (Å²) < 4.78 is 5.28. The van der Waals surface area contributed by atoms with Gasteiger partial charge in [-0.3, -0.25) is 4.79 Å². The van der Waals surface area contributed by atoms with Gasteiger partial charge in [-0.25, -0.2) is 0 Å². The molecule has 0 saturated carbocycles. The lowest BCUT2D eigenvalue weighted by atomic mass is 10.3. The van der Waals surface area contributed by atoms with Gasteiger partial charge >= 0.3 is 0 Å². The van der Waals surface area contributed by atoms with Gasteiger partial charge in [0.05, 0.1) is 13.0 Å². The monoisotopic (exact) mass is 201 g/mol. The highest BCUT2D eigenvalue weighted by atomic mass is 16.5. The molecule has 0 aliphatic heterocycles. The molecule has 84 valence electrons. The van der Waals surface area contributed by atoms with Crippen LogP contribution in [0, 0.1) is 0 Å². The third-order valence-corrected chi connectivity index (χ3v) is 2.09. The van der Waals surface area contributed by atoms with Gasteiger partial charge in [0.1, 0.15) is 0 Å². The predicted molar refractivity (Wildman–Crippen MR) is 58.3 cm³/mol. The second kappa shape index (κ2) is 7.80. The Balaban J connectivity index is 3.70. The van der Waals surface area contributed by atoms with Crippen LogP contribution in [0.2, 0.25) is 0 Å². The Morgan fingerprint density at radius 3 is 2.36 bits per heavy atom. The highest BCUT2D eigenvalue weighted by molar-refractivity contribution is 5.76. The summed E-state index contributed by atoms with van der Waals surface area (Å²) in [5.74, 6) is 0.193. The van der Waals surface area contributed by atoms with E-state index in [-0.39, 0.29) is 5.91 Å². The average molecular weight is 201 g/mol. The van der Waals surface area contributed by atoms with Gasteiger partial charge in [-0.1, -0.05) is 6.92 Å². The number of carbonyl (C=O) groups excluding carboxylic acids is 1. The van der Waals surface area contributed by atoms with Crippen LogP contribution in [-0.2, 0) is 9.53 Å². The summed E-state index contributed by atoms with van der Waals surface area (Å²) in [6.07, 6.45) is 1.52. The van der Waals surface area contributed by atoms with Gasteiger partial charge in [-0.05, 0) is 27.2 Å². The Morgan fingerprint density at radius 1 is 1.29 bits per heavy atom. The Labute approximate surface area is 87.4 Å². The first-order valence-corrected chi connectivity index (χ1v) is 5.50. The quantitative estimate of drug-likeness (QED) is 0.590. The van der Waals surface area contributed by atoms with Crippen LogP contribution in [0.15, 0.2) is 0 Å². The van der Waals surface area contributed by atoms with Gasteiger partial charge in [0.25, 0.3) is 0 Å². The zero-order valence-electron chi connectivity index (χ0n) is 9.88. The first-order chi connectivity index (χ1) is 6.63. The maximum absolute atomic E-state index is 11.6. The van der Waals surface area contributed by atoms with Crippen molar-refractivity contribution in [2.45, 2.75) is 46.6 Å². The van der Waals surface area contributed by atoms with Gasteiger partial charge in [0, 0.05) is 19.2 Å². The van der Waals surface area contributed by atoms with Gasteiger partial charge < -0.3 is 9.64 Å². The van der Waals surface area contributed by atoms with E-state index in [2.05, 4.69) is 6.92 Å². The molecule has 0 spiro atoms. The molecule has 0 aromatic carbocycles. The second-order valence-electron chi connectivity index (χ2n) is 3.64. The van der Waals surface area contributed by atoms with E-state index in [1.54, 1.807) is 0 Å². The molecule has 0 atom stereocenters. The topological polar surface area (TPSA) is 29.5 Å². The summed E-state index contributed by atoms with van der Waals surface area (Å²) in [7, 11) is 0. The molecule has 0 saturated heterocycles. The zero-order chi connectivity index (χ0) is 11.0. The van der Waals surface area contributed by atoms with E-state index in [4.69, 9.17) is 4.74 Å². The predicted octanol–water partition coefficient (Wildman–Crippen LogP) is 2.06. The van der Waals surface area contributed by atoms with Crippen LogP contribution < -0.4 is 0 Å². The molecule has 0 radical (unpaired) electrons. The van der Waals surface area contributed by atoms with Crippen molar-refractivity contribution in [3.8, 4) is 0 Å². The number of hydrogen-bond donors (Lipinski definition) is 0. The molecule has 14 heavy (non-hydrogen) atoms. The zero-order valence-corrected chi connectivity index (χ0v) is 9.88. The van der Waals surface area contributed by atoms with Crippen molar-refractivity contribution in [2.75, 3.05) is 19.8 Å². The third kappa shape index (κ3) is 5.22. The Bertz CT molecular complexity index is 157. The van der Waals surface area contributed by atoms with Crippen LogP contribution in [0.25, 0.3) is 0 Å². The minimum Gasteiger partial charge on any atom is -0.381 e. The SMILES string of the molecule is CCCOCCC(=O)N(CC)C(C)C. The average Bonchev–Trinajstić information content (AvgIpc) is 2.13. The highest BCUT2D eigenvalue weighted by Crippen LogP contribution is 2.01. The van der Waals surface area contributed by atoms with E-state index >= 15 is 0 Å². The molecule has 0 aromatic heterocycles. The molecule has 0 aliphatic rings. The summed E-state index contributed by atoms with van der Waals surface area (Å²) in [4.78, 5) is 13.5. The fourth-order valence-electron chi connectivity index (χ4n) is 1.38. The molecule has 0 aromatic rings. The Morgan fingerprint density at radius 2 is 1.93 bits per heavy atom. The van der Waals surface area contributed by atoms with Crippen molar-refractivity contribution in [3.63, 3.8) is 0 Å². The normalized spacial score (nSPS) is 10.6. The fraction of sp³-hybridized carbons (Fsp3) is 0.909. The standard InChI is InChI=1S/C11H23NO2/c1-5-8-14-9-7-11(13)12(6-2)10(3)4/h10H,5-9H2,1-4H3. The van der Waals surface area contributed by atoms with Crippen LogP contribution in [0.4, 0.5) is 0 Å². The summed E-state index contributed by atoms with van der Waals surface area (Å²) in [5, 5.41) is 0. The molecule has 0 heterocycles. The fourth-order valence-corrected chi connectivity index (χ4v) is 1.38. The summed E-state index contributed by atoms with van der Waals surface area (Å²) in [5.41, 5.74) is 0. The van der Waals surface area contributed by atoms with Gasteiger partial charge in [0.2, 0.25) is 5.91 Å². The molecule has 1 amide bonds. The lowest BCUT2D eigenvalue weighted by Gasteiger charge is -2.25. The molecule has 0 aliphatic carbocycles. The number of ether oxygens (including phenoxy) is 1. The summed E-state index contributed by atoms with van der Waals surface area (Å²) in [6, 6.07) is 0.290. The van der Waals surface area contributed by atoms with Crippen LogP contribution in [0.3, 0.4) is 0 Å². The molecular weight excluding hydrogens is 178 g/mol. The van der Waals surface area contributed by atoms with Gasteiger partial charge in [-0.2, -0.15) is 0 Å². The lowest BCUT2D eigenvalue weighted by Crippen LogP contribution is -2.37. The first kappa shape index (κ1) is 13.4. The molecule has 0 unspecified atom stereocenters. The number of nitrogens with zero attached hydrogens (tertiary/aromatic N) is 1. The van der Waals surface area contributed by atoms with E-state index < -0.39 is 0 Å². The van der Waals surface area contributed by atoms with E-state index in [0.717, 1.165) is 19.6 Å². The van der Waals surface area contributed by atoms with Crippen molar-refractivity contribution in [2.24, 2.45) is 0 Å². The molecule has 0 rings (SSSR count). The van der Waals surface area contributed by atoms with E-state index in [0.29, 0.717) is 19.1 Å². The van der Waals surface area contributed by atoms with Crippen LogP contribution in [0.1, 0.15) is 40.5 Å². The van der Waals surface area contributed by atoms with E-state index in [1.165, 1.54) is 0 Å². The molecular formula is C11H23NO2. The molecule has 0 bridgehead atoms. The van der Waals surface area contributed by atoms with Crippen molar-refractivity contribution in [1.29, 1.82) is 0 Å². The van der Waals surface area contributed by atoms with Gasteiger partial charge in [0.15, 0.2) is 0 Å². The third-order valence-electron chi connectivity index (χ3n) is 2.09. The minimum absolute atomic E-state index is 0.193. The van der Waals surface area contributed by atoms with Crippen molar-refractivity contribution >= 4 is 5.91 Å². The summed E-state index contributed by atoms with van der Waals surface area (Å²) >= 11 is 0.